The summed E-state index contributed by atoms with van der Waals surface area (Å²) in [6, 6.07) is 0. The van der Waals surface area contributed by atoms with Crippen LogP contribution in [0.4, 0.5) is 4.79 Å². The van der Waals surface area contributed by atoms with E-state index < -0.39 is 35.0 Å². The zero-order valence-corrected chi connectivity index (χ0v) is 31.9. The molecule has 0 fully saturated rings. The maximum Gasteiger partial charge on any atom is 0.407 e. The topological polar surface area (TPSA) is 262 Å². The molecule has 2 amide bonds. The molecule has 5 N–H and O–H groups in total. The Morgan fingerprint density at radius 3 is 1.07 bits per heavy atom. The molecule has 20 heteroatoms. The zero-order valence-electron chi connectivity index (χ0n) is 31.9. The van der Waals surface area contributed by atoms with Crippen molar-refractivity contribution in [3.8, 4) is 0 Å². The number of hydrogen-bond acceptors (Lipinski definition) is 15. The van der Waals surface area contributed by atoms with Crippen LogP contribution in [0.1, 0.15) is 46.5 Å². The fraction of sp³-hybridized carbons (Fsp3) is 0.853. The molecule has 0 radical (unpaired) electrons. The number of aliphatic carboxylic acids is 3. The van der Waals surface area contributed by atoms with Gasteiger partial charge in [0, 0.05) is 19.5 Å². The van der Waals surface area contributed by atoms with Gasteiger partial charge >= 0.3 is 24.0 Å². The summed E-state index contributed by atoms with van der Waals surface area (Å²) in [6.45, 7) is 9.06. The Balaban J connectivity index is 4.05. The van der Waals surface area contributed by atoms with E-state index in [0.29, 0.717) is 66.0 Å². The Morgan fingerprint density at radius 2 is 0.741 bits per heavy atom. The molecule has 0 spiro atoms. The highest BCUT2D eigenvalue weighted by Gasteiger charge is 2.33. The van der Waals surface area contributed by atoms with Gasteiger partial charge in [0.15, 0.2) is 0 Å². The predicted octanol–water partition coefficient (Wildman–Crippen LogP) is 0.577. The van der Waals surface area contributed by atoms with E-state index in [1.165, 1.54) is 0 Å². The molecule has 0 aliphatic rings. The van der Waals surface area contributed by atoms with Crippen molar-refractivity contribution >= 4 is 29.9 Å². The fourth-order valence-corrected chi connectivity index (χ4v) is 3.92. The molecular weight excluding hydrogens is 724 g/mol. The van der Waals surface area contributed by atoms with E-state index in [0.717, 1.165) is 0 Å². The minimum atomic E-state index is -1.05. The molecule has 0 saturated carbocycles. The zero-order chi connectivity index (χ0) is 40.3. The molecule has 0 aromatic rings. The van der Waals surface area contributed by atoms with Crippen molar-refractivity contribution < 1.29 is 86.7 Å². The van der Waals surface area contributed by atoms with Crippen molar-refractivity contribution in [2.75, 3.05) is 132 Å². The molecule has 54 heavy (non-hydrogen) atoms. The first-order valence-corrected chi connectivity index (χ1v) is 17.8. The highest BCUT2D eigenvalue weighted by atomic mass is 16.6. The Hall–Kier alpha value is -3.21. The number of nitrogens with one attached hydrogen (secondary N) is 2. The van der Waals surface area contributed by atoms with E-state index >= 15 is 0 Å². The first kappa shape index (κ1) is 50.8. The lowest BCUT2D eigenvalue weighted by molar-refractivity contribution is -0.141. The molecule has 0 aromatic heterocycles. The highest BCUT2D eigenvalue weighted by Crippen LogP contribution is 2.21. The van der Waals surface area contributed by atoms with Crippen LogP contribution in [0.15, 0.2) is 0 Å². The molecule has 0 atom stereocenters. The van der Waals surface area contributed by atoms with Crippen LogP contribution < -0.4 is 10.6 Å². The minimum Gasteiger partial charge on any atom is -0.481 e. The number of alkyl carbamates (subject to hydrolysis) is 1. The quantitative estimate of drug-likeness (QED) is 0.0536. The fourth-order valence-electron chi connectivity index (χ4n) is 3.92. The van der Waals surface area contributed by atoms with Crippen LogP contribution in [0.2, 0.25) is 0 Å². The highest BCUT2D eigenvalue weighted by molar-refractivity contribution is 5.75. The molecule has 20 nitrogen and oxygen atoms in total. The molecular formula is C34H62N2O18. The van der Waals surface area contributed by atoms with Gasteiger partial charge in [-0.25, -0.2) is 4.79 Å². The van der Waals surface area contributed by atoms with Crippen molar-refractivity contribution in [3.05, 3.63) is 0 Å². The number of carbonyl (C=O) groups excluding carboxylic acids is 2. The maximum atomic E-state index is 12.3. The summed E-state index contributed by atoms with van der Waals surface area (Å²) in [5.74, 6) is -3.45. The van der Waals surface area contributed by atoms with Gasteiger partial charge in [0.25, 0.3) is 0 Å². The summed E-state index contributed by atoms with van der Waals surface area (Å²) in [7, 11) is 0. The van der Waals surface area contributed by atoms with Crippen LogP contribution in [0.3, 0.4) is 0 Å². The van der Waals surface area contributed by atoms with Gasteiger partial charge in [0.2, 0.25) is 5.91 Å². The molecule has 0 aromatic carbocycles. The van der Waals surface area contributed by atoms with Crippen molar-refractivity contribution in [1.29, 1.82) is 0 Å². The van der Waals surface area contributed by atoms with Crippen molar-refractivity contribution in [2.24, 2.45) is 5.41 Å². The lowest BCUT2D eigenvalue weighted by Gasteiger charge is -2.33. The van der Waals surface area contributed by atoms with Crippen molar-refractivity contribution in [2.45, 2.75) is 52.1 Å². The van der Waals surface area contributed by atoms with Gasteiger partial charge in [0.1, 0.15) is 5.60 Å². The Labute approximate surface area is 316 Å². The average molecular weight is 787 g/mol. The molecule has 0 heterocycles. The molecule has 0 aliphatic heterocycles. The summed E-state index contributed by atoms with van der Waals surface area (Å²) in [6.07, 6.45) is -1.22. The van der Waals surface area contributed by atoms with Gasteiger partial charge in [-0.15, -0.1) is 0 Å². The number of hydrogen-bond donors (Lipinski definition) is 5. The number of ether oxygens (including phenoxy) is 10. The van der Waals surface area contributed by atoms with Crippen LogP contribution in [0.25, 0.3) is 0 Å². The monoisotopic (exact) mass is 786 g/mol. The molecule has 0 bridgehead atoms. The third-order valence-corrected chi connectivity index (χ3v) is 6.46. The second kappa shape index (κ2) is 33.2. The van der Waals surface area contributed by atoms with Crippen LogP contribution in [0, 0.1) is 5.41 Å². The van der Waals surface area contributed by atoms with Gasteiger partial charge in [-0.2, -0.15) is 0 Å². The molecule has 0 saturated heterocycles. The standard InChI is InChI=1S/C34H62N2O18/c1-33(2,3)54-32(44)36-9-15-46-17-19-48-21-23-49-22-20-47-18-16-45-14-8-35-28(37)4-10-50-24-34(25-51-11-5-29(38)39,26-52-12-6-30(40)41)27-53-13-7-31(42)43/h4-27H2,1-3H3,(H,35,37)(H,36,44)(H,38,39)(H,40,41)(H,42,43). The third-order valence-electron chi connectivity index (χ3n) is 6.46. The molecule has 316 valence electrons. The van der Waals surface area contributed by atoms with E-state index in [2.05, 4.69) is 10.6 Å². The normalized spacial score (nSPS) is 11.7. The number of carboxylic acid groups (broad SMARTS) is 3. The van der Waals surface area contributed by atoms with E-state index in [1.54, 1.807) is 20.8 Å². The molecule has 0 aliphatic carbocycles. The first-order chi connectivity index (χ1) is 25.7. The molecule has 0 rings (SSSR count). The van der Waals surface area contributed by atoms with Gasteiger partial charge in [0.05, 0.1) is 144 Å². The van der Waals surface area contributed by atoms with Crippen LogP contribution >= 0.6 is 0 Å². The van der Waals surface area contributed by atoms with E-state index in [1.807, 2.05) is 0 Å². The van der Waals surface area contributed by atoms with Gasteiger partial charge in [-0.3, -0.25) is 19.2 Å². The second-order valence-corrected chi connectivity index (χ2v) is 12.7. The van der Waals surface area contributed by atoms with Crippen LogP contribution in [-0.4, -0.2) is 183 Å². The van der Waals surface area contributed by atoms with Crippen molar-refractivity contribution in [3.63, 3.8) is 0 Å². The van der Waals surface area contributed by atoms with Crippen LogP contribution in [0.5, 0.6) is 0 Å². The lowest BCUT2D eigenvalue weighted by atomic mass is 9.92. The summed E-state index contributed by atoms with van der Waals surface area (Å²) < 4.78 is 54.5. The third kappa shape index (κ3) is 35.8. The average Bonchev–Trinajstić information content (AvgIpc) is 3.08. The second-order valence-electron chi connectivity index (χ2n) is 12.7. The Bertz CT molecular complexity index is 955. The Kier molecular flexibility index (Phi) is 31.2. The van der Waals surface area contributed by atoms with Crippen molar-refractivity contribution in [1.82, 2.24) is 10.6 Å². The largest absolute Gasteiger partial charge is 0.481 e. The summed E-state index contributed by atoms with van der Waals surface area (Å²) in [5, 5.41) is 32.0. The number of amides is 2. The number of carbonyl (C=O) groups is 5. The van der Waals surface area contributed by atoms with Crippen LogP contribution in [-0.2, 0) is 66.5 Å². The lowest BCUT2D eigenvalue weighted by Crippen LogP contribution is -2.42. The predicted molar refractivity (Wildman–Crippen MR) is 188 cm³/mol. The molecule has 0 unspecified atom stereocenters. The maximum absolute atomic E-state index is 12.3. The minimum absolute atomic E-state index is 0.0148. The Morgan fingerprint density at radius 1 is 0.426 bits per heavy atom. The smallest absolute Gasteiger partial charge is 0.407 e. The summed E-state index contributed by atoms with van der Waals surface area (Å²) in [5.41, 5.74) is -1.57. The van der Waals surface area contributed by atoms with E-state index in [4.69, 9.17) is 62.7 Å². The summed E-state index contributed by atoms with van der Waals surface area (Å²) >= 11 is 0. The van der Waals surface area contributed by atoms with E-state index in [9.17, 15) is 24.0 Å². The van der Waals surface area contributed by atoms with E-state index in [-0.39, 0.29) is 97.6 Å². The van der Waals surface area contributed by atoms with Gasteiger partial charge in [-0.05, 0) is 20.8 Å². The SMILES string of the molecule is CC(C)(C)OC(=O)NCCOCCOCCOCCOCCOCCNC(=O)CCOCC(COCCC(=O)O)(COCCC(=O)O)COCCC(=O)O. The summed E-state index contributed by atoms with van der Waals surface area (Å²) in [4.78, 5) is 56.4. The van der Waals surface area contributed by atoms with Gasteiger partial charge in [-0.1, -0.05) is 0 Å². The van der Waals surface area contributed by atoms with Gasteiger partial charge < -0.3 is 73.3 Å². The first-order valence-electron chi connectivity index (χ1n) is 17.8. The number of carboxylic acids is 3. The number of rotatable bonds is 38.